The van der Waals surface area contributed by atoms with Gasteiger partial charge in [0.25, 0.3) is 9.84 Å². The van der Waals surface area contributed by atoms with Crippen LogP contribution in [0.5, 0.6) is 0 Å². The lowest BCUT2D eigenvalue weighted by Crippen LogP contribution is -2.37. The lowest BCUT2D eigenvalue weighted by atomic mass is 9.85. The van der Waals surface area contributed by atoms with Crippen LogP contribution >= 0.6 is 0 Å². The summed E-state index contributed by atoms with van der Waals surface area (Å²) in [4.78, 5) is 2.65. The highest BCUT2D eigenvalue weighted by Crippen LogP contribution is 2.40. The summed E-state index contributed by atoms with van der Waals surface area (Å²) in [7, 11) is -3.88. The summed E-state index contributed by atoms with van der Waals surface area (Å²) in [6, 6.07) is 6.91. The molecule has 0 radical (unpaired) electrons. The normalized spacial score (nSPS) is 22.1. The van der Waals surface area contributed by atoms with Crippen molar-refractivity contribution in [2.45, 2.75) is 134 Å². The van der Waals surface area contributed by atoms with Gasteiger partial charge < -0.3 is 18.9 Å². The standard InChI is InChI=1S/C33H53NO6S/c1-27-15-17-28(18-16-27)41(35,36)33(34-6,21-11-19-31(2,3)25-39-29-13-7-9-23-37-29)22-12-20-32(4,5)26-40-30-14-8-10-24-38-30/h15-18,29-30H,7-14,19-26H2,1-5H3. The highest BCUT2D eigenvalue weighted by atomic mass is 32.2. The van der Waals surface area contributed by atoms with Gasteiger partial charge in [0, 0.05) is 26.1 Å². The summed E-state index contributed by atoms with van der Waals surface area (Å²) >= 11 is 0. The first-order chi connectivity index (χ1) is 19.4. The van der Waals surface area contributed by atoms with Gasteiger partial charge in [-0.2, -0.15) is 0 Å². The third-order valence-corrected chi connectivity index (χ3v) is 10.9. The number of aryl methyl sites for hydroxylation is 1. The van der Waals surface area contributed by atoms with Crippen molar-refractivity contribution in [1.29, 1.82) is 0 Å². The van der Waals surface area contributed by atoms with Crippen molar-refractivity contribution in [3.63, 3.8) is 0 Å². The van der Waals surface area contributed by atoms with E-state index in [1.807, 2.05) is 19.1 Å². The Hall–Kier alpha value is -1.50. The molecule has 0 saturated carbocycles. The fraction of sp³-hybridized carbons (Fsp3) is 0.788. The molecule has 0 aromatic heterocycles. The molecule has 1 aromatic carbocycles. The van der Waals surface area contributed by atoms with Gasteiger partial charge in [0.05, 0.1) is 18.1 Å². The highest BCUT2D eigenvalue weighted by Gasteiger charge is 2.51. The summed E-state index contributed by atoms with van der Waals surface area (Å²) in [6.07, 6.45) is 9.30. The van der Waals surface area contributed by atoms with Gasteiger partial charge in [0.15, 0.2) is 12.6 Å². The number of hydrogen-bond acceptors (Lipinski definition) is 6. The number of ether oxygens (including phenoxy) is 4. The number of sulfone groups is 1. The van der Waals surface area contributed by atoms with E-state index in [0.717, 1.165) is 70.1 Å². The fourth-order valence-electron chi connectivity index (χ4n) is 5.66. The van der Waals surface area contributed by atoms with Gasteiger partial charge >= 0.3 is 4.87 Å². The zero-order valence-corrected chi connectivity index (χ0v) is 26.9. The number of rotatable bonds is 16. The Morgan fingerprint density at radius 1 is 0.805 bits per heavy atom. The Kier molecular flexibility index (Phi) is 12.7. The molecule has 3 rings (SSSR count). The Balaban J connectivity index is 1.66. The molecule has 2 unspecified atom stereocenters. The molecule has 1 aromatic rings. The largest absolute Gasteiger partial charge is 0.353 e. The van der Waals surface area contributed by atoms with E-state index in [1.165, 1.54) is 0 Å². The Morgan fingerprint density at radius 3 is 1.66 bits per heavy atom. The molecule has 2 aliphatic heterocycles. The van der Waals surface area contributed by atoms with Crippen LogP contribution in [0.15, 0.2) is 29.2 Å². The average molecular weight is 592 g/mol. The van der Waals surface area contributed by atoms with Gasteiger partial charge in [0.2, 0.25) is 0 Å². The van der Waals surface area contributed by atoms with Crippen molar-refractivity contribution in [3.8, 4) is 0 Å². The van der Waals surface area contributed by atoms with Crippen molar-refractivity contribution in [3.05, 3.63) is 41.2 Å². The van der Waals surface area contributed by atoms with Gasteiger partial charge in [-0.3, -0.25) is 4.85 Å². The van der Waals surface area contributed by atoms with Crippen molar-refractivity contribution in [2.24, 2.45) is 10.8 Å². The van der Waals surface area contributed by atoms with Gasteiger partial charge in [-0.1, -0.05) is 45.4 Å². The SMILES string of the molecule is [C-]#[N+]C(CCCC(C)(C)COC1CCCCO1)(CCCC(C)(C)COC1CCCCO1)S(=O)(=O)c1ccc(C)cc1. The van der Waals surface area contributed by atoms with Crippen LogP contribution in [0.3, 0.4) is 0 Å². The van der Waals surface area contributed by atoms with Crippen molar-refractivity contribution in [1.82, 2.24) is 0 Å². The van der Waals surface area contributed by atoms with Crippen molar-refractivity contribution < 1.29 is 27.4 Å². The molecule has 2 heterocycles. The van der Waals surface area contributed by atoms with Gasteiger partial charge in [-0.25, -0.2) is 15.0 Å². The fourth-order valence-corrected chi connectivity index (χ4v) is 7.53. The van der Waals surface area contributed by atoms with Crippen LogP contribution in [0.4, 0.5) is 0 Å². The van der Waals surface area contributed by atoms with Crippen LogP contribution < -0.4 is 0 Å². The smallest absolute Gasteiger partial charge is 0.333 e. The molecule has 0 bridgehead atoms. The molecule has 2 atom stereocenters. The third kappa shape index (κ3) is 10.3. The number of hydrogen-bond donors (Lipinski definition) is 0. The third-order valence-electron chi connectivity index (χ3n) is 8.47. The first-order valence-corrected chi connectivity index (χ1v) is 17.0. The predicted octanol–water partition coefficient (Wildman–Crippen LogP) is 7.86. The lowest BCUT2D eigenvalue weighted by molar-refractivity contribution is -0.176. The molecule has 2 aliphatic rings. The van der Waals surface area contributed by atoms with E-state index >= 15 is 0 Å². The monoisotopic (exact) mass is 591 g/mol. The molecule has 0 aliphatic carbocycles. The summed E-state index contributed by atoms with van der Waals surface area (Å²) < 4.78 is 51.7. The molecule has 2 fully saturated rings. The minimum atomic E-state index is -3.88. The zero-order chi connectivity index (χ0) is 30.0. The summed E-state index contributed by atoms with van der Waals surface area (Å²) in [5.74, 6) is 0. The minimum Gasteiger partial charge on any atom is -0.353 e. The van der Waals surface area contributed by atoms with Crippen LogP contribution in [0.25, 0.3) is 4.85 Å². The maximum absolute atomic E-state index is 14.1. The molecular formula is C33H53NO6S. The molecule has 41 heavy (non-hydrogen) atoms. The van der Waals surface area contributed by atoms with E-state index in [0.29, 0.717) is 38.9 Å². The molecule has 7 nitrogen and oxygen atoms in total. The van der Waals surface area contributed by atoms with Crippen molar-refractivity contribution in [2.75, 3.05) is 26.4 Å². The van der Waals surface area contributed by atoms with Crippen molar-refractivity contribution >= 4 is 9.84 Å². The van der Waals surface area contributed by atoms with Crippen LogP contribution in [-0.2, 0) is 28.8 Å². The quantitative estimate of drug-likeness (QED) is 0.182. The van der Waals surface area contributed by atoms with E-state index in [1.54, 1.807) is 12.1 Å². The number of benzene rings is 1. The molecule has 0 amide bonds. The first-order valence-electron chi connectivity index (χ1n) is 15.5. The van der Waals surface area contributed by atoms with Crippen LogP contribution in [0.1, 0.15) is 110 Å². The van der Waals surface area contributed by atoms with Crippen LogP contribution in [0, 0.1) is 24.3 Å². The second-order valence-electron chi connectivity index (χ2n) is 13.6. The minimum absolute atomic E-state index is 0.149. The van der Waals surface area contributed by atoms with Gasteiger partial charge in [-0.15, -0.1) is 0 Å². The van der Waals surface area contributed by atoms with Crippen LogP contribution in [-0.4, -0.2) is 52.3 Å². The van der Waals surface area contributed by atoms with E-state index in [4.69, 9.17) is 25.5 Å². The van der Waals surface area contributed by atoms with Gasteiger partial charge in [-0.05, 0) is 94.1 Å². The molecular weight excluding hydrogens is 538 g/mol. The zero-order valence-electron chi connectivity index (χ0n) is 26.1. The van der Waals surface area contributed by atoms with E-state index in [2.05, 4.69) is 32.5 Å². The average Bonchev–Trinajstić information content (AvgIpc) is 2.95. The predicted molar refractivity (Wildman–Crippen MR) is 162 cm³/mol. The molecule has 8 heteroatoms. The molecule has 0 spiro atoms. The second-order valence-corrected chi connectivity index (χ2v) is 15.9. The van der Waals surface area contributed by atoms with E-state index < -0.39 is 14.7 Å². The maximum atomic E-state index is 14.1. The molecule has 0 N–H and O–H groups in total. The Bertz CT molecular complexity index is 1020. The second kappa shape index (κ2) is 15.3. The summed E-state index contributed by atoms with van der Waals surface area (Å²) in [5, 5.41) is 0. The first kappa shape index (κ1) is 34.0. The Labute approximate surface area is 249 Å². The molecule has 2 saturated heterocycles. The molecule has 232 valence electrons. The summed E-state index contributed by atoms with van der Waals surface area (Å²) in [6.45, 7) is 21.3. The van der Waals surface area contributed by atoms with E-state index in [9.17, 15) is 8.42 Å². The van der Waals surface area contributed by atoms with Crippen LogP contribution in [0.2, 0.25) is 0 Å². The topological polar surface area (TPSA) is 75.4 Å². The maximum Gasteiger partial charge on any atom is 0.333 e. The summed E-state index contributed by atoms with van der Waals surface area (Å²) in [5.41, 5.74) is 0.690. The number of nitrogens with zero attached hydrogens (tertiary/aromatic N) is 1. The van der Waals surface area contributed by atoms with E-state index in [-0.39, 0.29) is 28.3 Å². The Morgan fingerprint density at radius 2 is 1.27 bits per heavy atom. The highest BCUT2D eigenvalue weighted by molar-refractivity contribution is 7.93. The van der Waals surface area contributed by atoms with Gasteiger partial charge in [0.1, 0.15) is 0 Å². The lowest BCUT2D eigenvalue weighted by Gasteiger charge is -2.31.